The maximum absolute atomic E-state index is 13.6. The SMILES string of the molecule is C.CC.CC.CC.CC.Cn1cc(-c2ccc3c(c2)C(=O)N(Cc2ccccc2)c2cccnc2N3)cn1.Cn1cc(-c2ccc3c(c2)C(=O)N(Cc2ccccc2)c2cccnc2N3)cn1. The monoisotopic (exact) mass is 899 g/mol. The molecule has 4 aromatic heterocycles. The Balaban J connectivity index is 0.000000252. The molecule has 8 aromatic rings. The molecule has 2 amide bonds. The largest absolute Gasteiger partial charge is 0.338 e. The first-order valence-electron chi connectivity index (χ1n) is 22.8. The lowest BCUT2D eigenvalue weighted by atomic mass is 10.0. The highest BCUT2D eigenvalue weighted by Crippen LogP contribution is 2.38. The molecule has 0 fully saturated rings. The standard InChI is InChI=1S/2C23H19N5O.4C2H6.CH4/c2*1-27-15-18(13-25-27)17-9-10-20-19(12-17)23(29)28(14-16-6-3-2-4-7-16)21-8-5-11-24-22(21)26-20;4*1-2;/h2*2-13,15H,14H2,1H3,(H,24,26);4*1-2H3;1H4. The van der Waals surface area contributed by atoms with Crippen molar-refractivity contribution in [3.63, 3.8) is 0 Å². The van der Waals surface area contributed by atoms with Crippen LogP contribution in [0.4, 0.5) is 34.4 Å². The molecule has 0 saturated heterocycles. The van der Waals surface area contributed by atoms with E-state index in [-0.39, 0.29) is 19.2 Å². The number of pyridine rings is 2. The zero-order chi connectivity index (χ0) is 47.6. The van der Waals surface area contributed by atoms with Crippen molar-refractivity contribution in [2.24, 2.45) is 14.1 Å². The molecule has 0 spiro atoms. The maximum Gasteiger partial charge on any atom is 0.260 e. The number of hydrogen-bond acceptors (Lipinski definition) is 8. The Morgan fingerprint density at radius 1 is 0.463 bits per heavy atom. The second-order valence-electron chi connectivity index (χ2n) is 14.1. The fourth-order valence-corrected chi connectivity index (χ4v) is 7.19. The third kappa shape index (κ3) is 12.3. The molecule has 12 heteroatoms. The van der Waals surface area contributed by atoms with E-state index in [2.05, 4.69) is 30.8 Å². The predicted molar refractivity (Wildman–Crippen MR) is 278 cm³/mol. The van der Waals surface area contributed by atoms with Gasteiger partial charge in [-0.2, -0.15) is 10.2 Å². The molecule has 0 radical (unpaired) electrons. The van der Waals surface area contributed by atoms with Crippen LogP contribution >= 0.6 is 0 Å². The number of aromatic nitrogens is 6. The summed E-state index contributed by atoms with van der Waals surface area (Å²) in [6.45, 7) is 16.9. The molecule has 2 aliphatic heterocycles. The number of anilines is 6. The van der Waals surface area contributed by atoms with Gasteiger partial charge >= 0.3 is 0 Å². The van der Waals surface area contributed by atoms with Crippen molar-refractivity contribution in [2.45, 2.75) is 75.9 Å². The number of hydrogen-bond donors (Lipinski definition) is 2. The van der Waals surface area contributed by atoms with Gasteiger partial charge < -0.3 is 20.4 Å². The van der Waals surface area contributed by atoms with Crippen molar-refractivity contribution < 1.29 is 9.59 Å². The third-order valence-electron chi connectivity index (χ3n) is 10.1. The van der Waals surface area contributed by atoms with E-state index < -0.39 is 0 Å². The summed E-state index contributed by atoms with van der Waals surface area (Å²) in [6.07, 6.45) is 10.9. The smallest absolute Gasteiger partial charge is 0.260 e. The predicted octanol–water partition coefficient (Wildman–Crippen LogP) is 13.5. The Labute approximate surface area is 397 Å². The Morgan fingerprint density at radius 2 is 0.836 bits per heavy atom. The molecule has 12 nitrogen and oxygen atoms in total. The summed E-state index contributed by atoms with van der Waals surface area (Å²) in [5.41, 5.74) is 10.2. The second kappa shape index (κ2) is 25.6. The Bertz CT molecular complexity index is 2590. The van der Waals surface area contributed by atoms with Crippen molar-refractivity contribution >= 4 is 46.2 Å². The van der Waals surface area contributed by atoms with Crippen LogP contribution in [0.3, 0.4) is 0 Å². The number of carbonyl (C=O) groups is 2. The highest BCUT2D eigenvalue weighted by molar-refractivity contribution is 6.14. The minimum atomic E-state index is -0.0613. The fourth-order valence-electron chi connectivity index (χ4n) is 7.19. The van der Waals surface area contributed by atoms with Crippen LogP contribution in [-0.2, 0) is 27.2 Å². The highest BCUT2D eigenvalue weighted by Gasteiger charge is 2.29. The molecule has 2 N–H and O–H groups in total. The number of nitrogens with zero attached hydrogens (tertiary/aromatic N) is 8. The summed E-state index contributed by atoms with van der Waals surface area (Å²) >= 11 is 0. The quantitative estimate of drug-likeness (QED) is 0.169. The zero-order valence-corrected chi connectivity index (χ0v) is 39.8. The van der Waals surface area contributed by atoms with Crippen LogP contribution in [-0.4, -0.2) is 41.3 Å². The minimum absolute atomic E-state index is 0. The number of fused-ring (bicyclic) bond motifs is 4. The van der Waals surface area contributed by atoms with Crippen molar-refractivity contribution in [3.8, 4) is 22.3 Å². The first-order chi connectivity index (χ1) is 32.4. The average Bonchev–Trinajstić information content (AvgIpc) is 3.98. The number of aryl methyl sites for hydroxylation is 2. The van der Waals surface area contributed by atoms with Crippen LogP contribution in [0, 0.1) is 0 Å². The number of rotatable bonds is 6. The Morgan fingerprint density at radius 3 is 1.18 bits per heavy atom. The zero-order valence-electron chi connectivity index (χ0n) is 39.8. The van der Waals surface area contributed by atoms with E-state index in [1.54, 1.807) is 44.0 Å². The van der Waals surface area contributed by atoms with Gasteiger partial charge in [0.15, 0.2) is 11.6 Å². The molecule has 0 bridgehead atoms. The van der Waals surface area contributed by atoms with Gasteiger partial charge in [-0.3, -0.25) is 19.0 Å². The number of nitrogens with one attached hydrogen (secondary N) is 2. The van der Waals surface area contributed by atoms with Crippen molar-refractivity contribution in [3.05, 3.63) is 181 Å². The normalized spacial score (nSPS) is 11.4. The molecular weight excluding hydrogens is 833 g/mol. The molecule has 6 heterocycles. The highest BCUT2D eigenvalue weighted by atomic mass is 16.2. The van der Waals surface area contributed by atoms with Gasteiger partial charge in [-0.1, -0.05) is 136 Å². The van der Waals surface area contributed by atoms with Crippen LogP contribution in [0.2, 0.25) is 0 Å². The van der Waals surface area contributed by atoms with Crippen LogP contribution < -0.4 is 20.4 Å². The van der Waals surface area contributed by atoms with E-state index in [1.165, 1.54) is 0 Å². The van der Waals surface area contributed by atoms with E-state index in [1.807, 2.05) is 203 Å². The summed E-state index contributed by atoms with van der Waals surface area (Å²) < 4.78 is 3.51. The van der Waals surface area contributed by atoms with E-state index in [4.69, 9.17) is 0 Å². The minimum Gasteiger partial charge on any atom is -0.338 e. The lowest BCUT2D eigenvalue weighted by molar-refractivity contribution is 0.0979. The van der Waals surface area contributed by atoms with Gasteiger partial charge in [-0.05, 0) is 70.8 Å². The van der Waals surface area contributed by atoms with Crippen LogP contribution in [0.15, 0.2) is 159 Å². The molecule has 0 saturated carbocycles. The van der Waals surface area contributed by atoms with Crippen LogP contribution in [0.1, 0.15) is 94.7 Å². The first-order valence-corrected chi connectivity index (χ1v) is 22.8. The summed E-state index contributed by atoms with van der Waals surface area (Å²) in [5.74, 6) is 1.22. The summed E-state index contributed by atoms with van der Waals surface area (Å²) in [4.78, 5) is 39.8. The van der Waals surface area contributed by atoms with Gasteiger partial charge in [-0.25, -0.2) is 9.97 Å². The summed E-state index contributed by atoms with van der Waals surface area (Å²) in [5, 5.41) is 15.2. The molecular formula is C55H66N10O2. The summed E-state index contributed by atoms with van der Waals surface area (Å²) in [7, 11) is 3.76. The molecule has 348 valence electrons. The molecule has 10 rings (SSSR count). The first kappa shape index (κ1) is 51.8. The van der Waals surface area contributed by atoms with Gasteiger partial charge in [0.1, 0.15) is 0 Å². The van der Waals surface area contributed by atoms with Gasteiger partial charge in [0.25, 0.3) is 11.8 Å². The topological polar surface area (TPSA) is 126 Å². The Hall–Kier alpha value is -7.86. The summed E-state index contributed by atoms with van der Waals surface area (Å²) in [6, 6.07) is 39.2. The molecule has 2 aliphatic rings. The lowest BCUT2D eigenvalue weighted by Gasteiger charge is -2.22. The van der Waals surface area contributed by atoms with Crippen molar-refractivity contribution in [2.75, 3.05) is 20.4 Å². The molecule has 0 atom stereocenters. The molecule has 0 aliphatic carbocycles. The maximum atomic E-state index is 13.6. The molecule has 4 aromatic carbocycles. The molecule has 67 heavy (non-hydrogen) atoms. The van der Waals surface area contributed by atoms with Gasteiger partial charge in [0.05, 0.1) is 59.4 Å². The van der Waals surface area contributed by atoms with E-state index >= 15 is 0 Å². The second-order valence-corrected chi connectivity index (χ2v) is 14.1. The van der Waals surface area contributed by atoms with Crippen molar-refractivity contribution in [1.82, 2.24) is 29.5 Å². The molecule has 0 unspecified atom stereocenters. The fraction of sp³-hybridized carbons (Fsp3) is 0.236. The number of amides is 2. The number of carbonyl (C=O) groups excluding carboxylic acids is 2. The van der Waals surface area contributed by atoms with Crippen molar-refractivity contribution in [1.29, 1.82) is 0 Å². The number of benzene rings is 4. The van der Waals surface area contributed by atoms with E-state index in [0.29, 0.717) is 35.9 Å². The van der Waals surface area contributed by atoms with Gasteiger partial charge in [0.2, 0.25) is 0 Å². The third-order valence-corrected chi connectivity index (χ3v) is 10.1. The van der Waals surface area contributed by atoms with Gasteiger partial charge in [0, 0.05) is 50.0 Å². The lowest BCUT2D eigenvalue weighted by Crippen LogP contribution is -2.29. The van der Waals surface area contributed by atoms with Crippen LogP contribution in [0.25, 0.3) is 22.3 Å². The van der Waals surface area contributed by atoms with Crippen LogP contribution in [0.5, 0.6) is 0 Å². The van der Waals surface area contributed by atoms with E-state index in [9.17, 15) is 9.59 Å². The average molecular weight is 899 g/mol. The Kier molecular flexibility index (Phi) is 19.8. The van der Waals surface area contributed by atoms with Gasteiger partial charge in [-0.15, -0.1) is 0 Å². The van der Waals surface area contributed by atoms with E-state index in [0.717, 1.165) is 56.1 Å².